The molecule has 7 heteroatoms. The molecule has 0 rings (SSSR count). The summed E-state index contributed by atoms with van der Waals surface area (Å²) in [6.45, 7) is 4.21. The molecule has 0 aliphatic carbocycles. The maximum atomic E-state index is 12.1. The Kier molecular flexibility index (Phi) is 17.4. The molecule has 0 spiro atoms. The normalized spacial score (nSPS) is 12.9. The third-order valence-electron chi connectivity index (χ3n) is 4.72. The number of nitrogens with one attached hydrogen (secondary N) is 1. The van der Waals surface area contributed by atoms with Crippen molar-refractivity contribution < 1.29 is 23.7 Å². The fourth-order valence-corrected chi connectivity index (χ4v) is 3.47. The number of rotatable bonds is 19. The number of amides is 1. The molecule has 0 fully saturated rings. The molecule has 1 atom stereocenters. The van der Waals surface area contributed by atoms with E-state index in [1.54, 1.807) is 0 Å². The Balaban J connectivity index is 3.92. The predicted molar refractivity (Wildman–Crippen MR) is 111 cm³/mol. The highest BCUT2D eigenvalue weighted by Crippen LogP contribution is 2.35. The van der Waals surface area contributed by atoms with Crippen LogP contribution in [0.3, 0.4) is 0 Å². The van der Waals surface area contributed by atoms with Crippen LogP contribution in [0.2, 0.25) is 0 Å². The first-order chi connectivity index (χ1) is 12.9. The van der Waals surface area contributed by atoms with Crippen LogP contribution in [0.4, 0.5) is 0 Å². The van der Waals surface area contributed by atoms with Gasteiger partial charge < -0.3 is 15.1 Å². The van der Waals surface area contributed by atoms with Crippen molar-refractivity contribution in [3.63, 3.8) is 0 Å². The molecule has 1 unspecified atom stereocenters. The summed E-state index contributed by atoms with van der Waals surface area (Å²) in [6.07, 6.45) is 16.2. The summed E-state index contributed by atoms with van der Waals surface area (Å²) < 4.78 is 15.5. The average molecular weight is 408 g/mol. The lowest BCUT2D eigenvalue weighted by atomic mass is 10.1. The molecule has 1 amide bonds. The van der Waals surface area contributed by atoms with Gasteiger partial charge in [-0.3, -0.25) is 9.32 Å². The lowest BCUT2D eigenvalue weighted by molar-refractivity contribution is -0.122. The van der Waals surface area contributed by atoms with Crippen LogP contribution in [0.25, 0.3) is 0 Å². The van der Waals surface area contributed by atoms with Gasteiger partial charge in [0.15, 0.2) is 0 Å². The van der Waals surface area contributed by atoms with Gasteiger partial charge in [-0.1, -0.05) is 90.9 Å². The molecule has 0 aliphatic heterocycles. The Hall–Kier alpha value is -0.420. The first-order valence-electron chi connectivity index (χ1n) is 10.9. The van der Waals surface area contributed by atoms with Gasteiger partial charge in [0.2, 0.25) is 5.91 Å². The summed E-state index contributed by atoms with van der Waals surface area (Å²) in [5, 5.41) is 2.88. The van der Waals surface area contributed by atoms with E-state index in [9.17, 15) is 9.36 Å². The van der Waals surface area contributed by atoms with Gasteiger partial charge in [-0.2, -0.15) is 0 Å². The lowest BCUT2D eigenvalue weighted by Gasteiger charge is -2.19. The maximum absolute atomic E-state index is 12.1. The Morgan fingerprint density at radius 3 is 1.85 bits per heavy atom. The Labute approximate surface area is 166 Å². The smallest absolute Gasteiger partial charge is 0.351 e. The predicted octanol–water partition coefficient (Wildman–Crippen LogP) is 5.47. The van der Waals surface area contributed by atoms with Crippen LogP contribution in [0, 0.1) is 0 Å². The lowest BCUT2D eigenvalue weighted by Crippen LogP contribution is -2.38. The molecule has 0 radical (unpaired) electrons. The summed E-state index contributed by atoms with van der Waals surface area (Å²) in [5.74, 6) is -0.0484. The standard InChI is InChI=1S/C20H42NO5P/c1-3-5-7-9-10-11-12-13-15-17-20(22)21-19(16-14-8-6-4-2)18-26-27(23,24)25/h19H,3-18H2,1-2H3,(H,21,22)(H2,23,24,25). The fraction of sp³-hybridized carbons (Fsp3) is 0.950. The first kappa shape index (κ1) is 26.6. The van der Waals surface area contributed by atoms with E-state index in [1.165, 1.54) is 44.9 Å². The van der Waals surface area contributed by atoms with E-state index < -0.39 is 7.82 Å². The van der Waals surface area contributed by atoms with Crippen LogP contribution >= 0.6 is 7.82 Å². The maximum Gasteiger partial charge on any atom is 0.469 e. The third kappa shape index (κ3) is 20.1. The van der Waals surface area contributed by atoms with E-state index in [2.05, 4.69) is 23.7 Å². The second-order valence-electron chi connectivity index (χ2n) is 7.48. The second-order valence-corrected chi connectivity index (χ2v) is 8.72. The number of phosphoric acid groups is 1. The average Bonchev–Trinajstić information content (AvgIpc) is 2.61. The molecular formula is C20H42NO5P. The fourth-order valence-electron chi connectivity index (χ4n) is 3.10. The Morgan fingerprint density at radius 2 is 1.33 bits per heavy atom. The Bertz CT molecular complexity index is 400. The van der Waals surface area contributed by atoms with Crippen molar-refractivity contribution in [3.8, 4) is 0 Å². The zero-order chi connectivity index (χ0) is 20.4. The highest BCUT2D eigenvalue weighted by Gasteiger charge is 2.19. The molecule has 0 saturated carbocycles. The summed E-state index contributed by atoms with van der Waals surface area (Å²) in [5.41, 5.74) is 0. The SMILES string of the molecule is CCCCCCCCCCCC(=O)NC(CCCCCC)COP(=O)(O)O. The number of carbonyl (C=O) groups is 1. The van der Waals surface area contributed by atoms with Crippen molar-refractivity contribution in [1.82, 2.24) is 5.32 Å². The van der Waals surface area contributed by atoms with Crippen molar-refractivity contribution in [1.29, 1.82) is 0 Å². The van der Waals surface area contributed by atoms with Gasteiger partial charge in [0.25, 0.3) is 0 Å². The second kappa shape index (κ2) is 17.7. The van der Waals surface area contributed by atoms with Crippen LogP contribution in [-0.2, 0) is 13.9 Å². The van der Waals surface area contributed by atoms with E-state index in [0.717, 1.165) is 38.5 Å². The molecule has 0 aromatic carbocycles. The quantitative estimate of drug-likeness (QED) is 0.195. The number of unbranched alkanes of at least 4 members (excludes halogenated alkanes) is 11. The van der Waals surface area contributed by atoms with Crippen LogP contribution < -0.4 is 5.32 Å². The molecule has 0 bridgehead atoms. The van der Waals surface area contributed by atoms with Gasteiger partial charge in [0.1, 0.15) is 0 Å². The van der Waals surface area contributed by atoms with E-state index in [0.29, 0.717) is 12.8 Å². The van der Waals surface area contributed by atoms with Crippen molar-refractivity contribution in [3.05, 3.63) is 0 Å². The van der Waals surface area contributed by atoms with E-state index in [1.807, 2.05) is 0 Å². The van der Waals surface area contributed by atoms with Crippen molar-refractivity contribution >= 4 is 13.7 Å². The van der Waals surface area contributed by atoms with Gasteiger partial charge >= 0.3 is 7.82 Å². The molecule has 0 aliphatic rings. The molecule has 6 nitrogen and oxygen atoms in total. The molecule has 0 aromatic rings. The van der Waals surface area contributed by atoms with Gasteiger partial charge in [-0.25, -0.2) is 4.57 Å². The number of phosphoric ester groups is 1. The first-order valence-corrected chi connectivity index (χ1v) is 12.4. The number of carbonyl (C=O) groups excluding carboxylic acids is 1. The van der Waals surface area contributed by atoms with Crippen LogP contribution in [0.15, 0.2) is 0 Å². The van der Waals surface area contributed by atoms with Gasteiger partial charge in [-0.15, -0.1) is 0 Å². The van der Waals surface area contributed by atoms with Crippen LogP contribution in [-0.4, -0.2) is 28.3 Å². The highest BCUT2D eigenvalue weighted by atomic mass is 31.2. The van der Waals surface area contributed by atoms with Crippen LogP contribution in [0.5, 0.6) is 0 Å². The molecule has 162 valence electrons. The van der Waals surface area contributed by atoms with Crippen molar-refractivity contribution in [2.45, 2.75) is 116 Å². The van der Waals surface area contributed by atoms with E-state index in [4.69, 9.17) is 9.79 Å². The molecule has 3 N–H and O–H groups in total. The minimum Gasteiger partial charge on any atom is -0.351 e. The Morgan fingerprint density at radius 1 is 0.852 bits per heavy atom. The highest BCUT2D eigenvalue weighted by molar-refractivity contribution is 7.46. The third-order valence-corrected chi connectivity index (χ3v) is 5.21. The molecule has 0 heterocycles. The number of hydrogen-bond acceptors (Lipinski definition) is 3. The molecular weight excluding hydrogens is 365 g/mol. The summed E-state index contributed by atoms with van der Waals surface area (Å²) in [7, 11) is -4.50. The van der Waals surface area contributed by atoms with Gasteiger partial charge in [0, 0.05) is 6.42 Å². The van der Waals surface area contributed by atoms with E-state index >= 15 is 0 Å². The zero-order valence-electron chi connectivity index (χ0n) is 17.5. The van der Waals surface area contributed by atoms with Crippen molar-refractivity contribution in [2.24, 2.45) is 0 Å². The van der Waals surface area contributed by atoms with E-state index in [-0.39, 0.29) is 18.6 Å². The number of hydrogen-bond donors (Lipinski definition) is 3. The van der Waals surface area contributed by atoms with Crippen molar-refractivity contribution in [2.75, 3.05) is 6.61 Å². The largest absolute Gasteiger partial charge is 0.469 e. The summed E-state index contributed by atoms with van der Waals surface area (Å²) >= 11 is 0. The topological polar surface area (TPSA) is 95.9 Å². The minimum atomic E-state index is -4.50. The minimum absolute atomic E-state index is 0.0484. The summed E-state index contributed by atoms with van der Waals surface area (Å²) in [6, 6.07) is -0.333. The molecule has 0 aromatic heterocycles. The van der Waals surface area contributed by atoms with Gasteiger partial charge in [-0.05, 0) is 12.8 Å². The zero-order valence-corrected chi connectivity index (χ0v) is 18.4. The molecule has 27 heavy (non-hydrogen) atoms. The monoisotopic (exact) mass is 407 g/mol. The summed E-state index contributed by atoms with van der Waals surface area (Å²) in [4.78, 5) is 29.9. The molecule has 0 saturated heterocycles. The van der Waals surface area contributed by atoms with Crippen LogP contribution in [0.1, 0.15) is 110 Å². The van der Waals surface area contributed by atoms with Gasteiger partial charge in [0.05, 0.1) is 12.6 Å².